The van der Waals surface area contributed by atoms with Crippen LogP contribution < -0.4 is 0 Å². The number of hydrogen-bond acceptors (Lipinski definition) is 1. The Morgan fingerprint density at radius 1 is 0.581 bits per heavy atom. The highest BCUT2D eigenvalue weighted by atomic mass is 14.7. The fourth-order valence-electron chi connectivity index (χ4n) is 4.82. The average Bonchev–Trinajstić information content (AvgIpc) is 3.17. The molecule has 0 spiro atoms. The van der Waals surface area contributed by atoms with E-state index in [0.29, 0.717) is 0 Å². The van der Waals surface area contributed by atoms with Crippen molar-refractivity contribution >= 4 is 12.3 Å². The van der Waals surface area contributed by atoms with E-state index in [9.17, 15) is 0 Å². The highest BCUT2D eigenvalue weighted by Gasteiger charge is 2.22. The summed E-state index contributed by atoms with van der Waals surface area (Å²) in [5.74, 6) is 0. The lowest BCUT2D eigenvalue weighted by molar-refractivity contribution is 0.888. The van der Waals surface area contributed by atoms with Gasteiger partial charge in [0.2, 0.25) is 0 Å². The Balaban J connectivity index is 0.000000250. The lowest BCUT2D eigenvalue weighted by Crippen LogP contribution is -2.10. The number of hydrogen-bond donors (Lipinski definition) is 0. The molecule has 0 N–H and O–H groups in total. The summed E-state index contributed by atoms with van der Waals surface area (Å²) in [6, 6.07) is 22.3. The summed E-state index contributed by atoms with van der Waals surface area (Å²) >= 11 is 0. The number of allylic oxidation sites excluding steroid dienone is 4. The number of aliphatic imine (C=N–C) groups is 1. The summed E-state index contributed by atoms with van der Waals surface area (Å²) < 4.78 is 0. The van der Waals surface area contributed by atoms with E-state index in [4.69, 9.17) is 0 Å². The van der Waals surface area contributed by atoms with Crippen LogP contribution in [0.5, 0.6) is 0 Å². The summed E-state index contributed by atoms with van der Waals surface area (Å²) in [7, 11) is 0. The minimum Gasteiger partial charge on any atom is -0.289 e. The summed E-state index contributed by atoms with van der Waals surface area (Å²) in [6.07, 6.45) is 19.0. The molecule has 0 atom stereocenters. The standard InChI is InChI=1S/C24H20.C6H7N/c1-2-7-17(8-3-1)20-11-6-12-21-22(20)15-16-23-19-10-5-4-9-18(19)13-14-24(21)23;1-2-4-6-7-5-3-1/h1-4,6-9,11-14H,5,10,15-16H2;1-5H,6H2. The molecular formula is C30H27N. The number of fused-ring (bicyclic) bond motifs is 5. The van der Waals surface area contributed by atoms with Gasteiger partial charge in [-0.2, -0.15) is 0 Å². The van der Waals surface area contributed by atoms with Gasteiger partial charge in [-0.1, -0.05) is 91.0 Å². The summed E-state index contributed by atoms with van der Waals surface area (Å²) in [4.78, 5) is 3.97. The Hall–Kier alpha value is -3.45. The van der Waals surface area contributed by atoms with Crippen LogP contribution >= 0.6 is 0 Å². The van der Waals surface area contributed by atoms with E-state index in [0.717, 1.165) is 13.0 Å². The van der Waals surface area contributed by atoms with E-state index < -0.39 is 0 Å². The number of benzene rings is 3. The molecule has 1 aliphatic heterocycles. The van der Waals surface area contributed by atoms with Crippen LogP contribution in [0.15, 0.2) is 96.0 Å². The van der Waals surface area contributed by atoms with Gasteiger partial charge >= 0.3 is 0 Å². The van der Waals surface area contributed by atoms with Gasteiger partial charge in [0.15, 0.2) is 0 Å². The first-order valence-electron chi connectivity index (χ1n) is 11.2. The number of rotatable bonds is 1. The van der Waals surface area contributed by atoms with Crippen molar-refractivity contribution in [3.8, 4) is 22.3 Å². The van der Waals surface area contributed by atoms with Crippen molar-refractivity contribution in [2.45, 2.75) is 25.7 Å². The zero-order chi connectivity index (χ0) is 20.9. The minimum absolute atomic E-state index is 0.826. The molecule has 0 unspecified atom stereocenters. The van der Waals surface area contributed by atoms with Crippen molar-refractivity contribution in [1.29, 1.82) is 0 Å². The molecule has 0 saturated carbocycles. The molecule has 0 aromatic heterocycles. The van der Waals surface area contributed by atoms with Gasteiger partial charge in [0, 0.05) is 6.21 Å². The average molecular weight is 402 g/mol. The summed E-state index contributed by atoms with van der Waals surface area (Å²) in [6.45, 7) is 0.826. The van der Waals surface area contributed by atoms with Crippen molar-refractivity contribution in [1.82, 2.24) is 0 Å². The predicted octanol–water partition coefficient (Wildman–Crippen LogP) is 7.26. The maximum atomic E-state index is 3.97. The molecule has 0 fully saturated rings. The topological polar surface area (TPSA) is 12.4 Å². The lowest BCUT2D eigenvalue weighted by Gasteiger charge is -2.27. The van der Waals surface area contributed by atoms with Crippen LogP contribution in [-0.2, 0) is 19.3 Å². The Labute approximate surface area is 185 Å². The van der Waals surface area contributed by atoms with Gasteiger partial charge in [-0.25, -0.2) is 0 Å². The van der Waals surface area contributed by atoms with E-state index in [1.807, 2.05) is 24.3 Å². The summed E-state index contributed by atoms with van der Waals surface area (Å²) in [5.41, 5.74) is 11.8. The van der Waals surface area contributed by atoms with E-state index in [2.05, 4.69) is 77.8 Å². The third-order valence-electron chi connectivity index (χ3n) is 6.26. The Morgan fingerprint density at radius 3 is 2.35 bits per heavy atom. The van der Waals surface area contributed by atoms with Crippen LogP contribution in [0.3, 0.4) is 0 Å². The maximum absolute atomic E-state index is 3.97. The molecule has 0 amide bonds. The van der Waals surface area contributed by atoms with E-state index in [1.165, 1.54) is 52.6 Å². The van der Waals surface area contributed by atoms with E-state index in [1.54, 1.807) is 17.3 Å². The fraction of sp³-hybridized carbons (Fsp3) is 0.167. The van der Waals surface area contributed by atoms with Crippen LogP contribution in [0.25, 0.3) is 28.3 Å². The van der Waals surface area contributed by atoms with Crippen LogP contribution in [0.2, 0.25) is 0 Å². The highest BCUT2D eigenvalue weighted by molar-refractivity contribution is 5.83. The summed E-state index contributed by atoms with van der Waals surface area (Å²) in [5, 5.41) is 0. The predicted molar refractivity (Wildman–Crippen MR) is 134 cm³/mol. The van der Waals surface area contributed by atoms with Crippen LogP contribution in [0, 0.1) is 0 Å². The molecule has 0 saturated heterocycles. The van der Waals surface area contributed by atoms with Crippen molar-refractivity contribution < 1.29 is 0 Å². The Bertz CT molecular complexity index is 1180. The zero-order valence-electron chi connectivity index (χ0n) is 17.8. The molecule has 0 bridgehead atoms. The molecule has 0 radical (unpaired) electrons. The second kappa shape index (κ2) is 9.14. The first kappa shape index (κ1) is 19.5. The second-order valence-corrected chi connectivity index (χ2v) is 8.13. The third-order valence-corrected chi connectivity index (χ3v) is 6.26. The third kappa shape index (κ3) is 4.09. The van der Waals surface area contributed by atoms with Gasteiger partial charge in [0.05, 0.1) is 6.54 Å². The van der Waals surface area contributed by atoms with Crippen molar-refractivity contribution in [2.24, 2.45) is 4.99 Å². The first-order chi connectivity index (χ1) is 15.4. The first-order valence-corrected chi connectivity index (χ1v) is 11.2. The van der Waals surface area contributed by atoms with Gasteiger partial charge in [-0.15, -0.1) is 0 Å². The molecule has 31 heavy (non-hydrogen) atoms. The Kier molecular flexibility index (Phi) is 5.75. The quantitative estimate of drug-likeness (QED) is 0.407. The normalized spacial score (nSPS) is 15.2. The largest absolute Gasteiger partial charge is 0.289 e. The molecule has 3 aliphatic rings. The molecule has 1 heteroatoms. The van der Waals surface area contributed by atoms with Gasteiger partial charge in [0.1, 0.15) is 0 Å². The van der Waals surface area contributed by atoms with Crippen molar-refractivity contribution in [2.75, 3.05) is 6.54 Å². The Morgan fingerprint density at radius 2 is 1.42 bits per heavy atom. The lowest BCUT2D eigenvalue weighted by atomic mass is 9.77. The van der Waals surface area contributed by atoms with Crippen LogP contribution in [-0.4, -0.2) is 12.8 Å². The molecular weight excluding hydrogens is 374 g/mol. The number of nitrogens with zero attached hydrogens (tertiary/aromatic N) is 1. The van der Waals surface area contributed by atoms with Crippen molar-refractivity contribution in [3.63, 3.8) is 0 Å². The fourth-order valence-corrected chi connectivity index (χ4v) is 4.82. The maximum Gasteiger partial charge on any atom is 0.0573 e. The molecule has 3 aromatic carbocycles. The van der Waals surface area contributed by atoms with E-state index >= 15 is 0 Å². The molecule has 2 aliphatic carbocycles. The van der Waals surface area contributed by atoms with Crippen LogP contribution in [0.4, 0.5) is 0 Å². The minimum atomic E-state index is 0.826. The smallest absolute Gasteiger partial charge is 0.0573 e. The second-order valence-electron chi connectivity index (χ2n) is 8.13. The monoisotopic (exact) mass is 401 g/mol. The van der Waals surface area contributed by atoms with E-state index in [-0.39, 0.29) is 0 Å². The molecule has 6 rings (SSSR count). The molecule has 3 aromatic rings. The highest BCUT2D eigenvalue weighted by Crippen LogP contribution is 2.41. The molecule has 1 heterocycles. The zero-order valence-corrected chi connectivity index (χ0v) is 17.8. The molecule has 152 valence electrons. The van der Waals surface area contributed by atoms with Crippen LogP contribution in [0.1, 0.15) is 28.7 Å². The van der Waals surface area contributed by atoms with Crippen molar-refractivity contribution in [3.05, 3.63) is 113 Å². The van der Waals surface area contributed by atoms with Gasteiger partial charge in [-0.05, 0) is 76.3 Å². The van der Waals surface area contributed by atoms with Gasteiger partial charge < -0.3 is 0 Å². The SMILES string of the molecule is C1=CC=NCC=C1.C1=Cc2ccc3c(c2CC1)CCc1c(-c2ccccc2)cccc1-3. The molecule has 1 nitrogen and oxygen atoms in total. The van der Waals surface area contributed by atoms with Gasteiger partial charge in [0.25, 0.3) is 0 Å². The van der Waals surface area contributed by atoms with Gasteiger partial charge in [-0.3, -0.25) is 4.99 Å².